The van der Waals surface area contributed by atoms with Crippen LogP contribution in [0.15, 0.2) is 53.6 Å². The van der Waals surface area contributed by atoms with Crippen molar-refractivity contribution in [2.75, 3.05) is 0 Å². The fourth-order valence-electron chi connectivity index (χ4n) is 2.20. The average molecular weight is 279 g/mol. The summed E-state index contributed by atoms with van der Waals surface area (Å²) >= 11 is 0. The van der Waals surface area contributed by atoms with Crippen molar-refractivity contribution in [1.82, 2.24) is 15.0 Å². The lowest BCUT2D eigenvalue weighted by Gasteiger charge is -2.08. The normalized spacial score (nSPS) is 10.5. The van der Waals surface area contributed by atoms with Crippen molar-refractivity contribution in [2.24, 2.45) is 0 Å². The van der Waals surface area contributed by atoms with Crippen LogP contribution in [0.5, 0.6) is 5.88 Å². The molecule has 0 aliphatic rings. The van der Waals surface area contributed by atoms with E-state index in [1.165, 1.54) is 0 Å². The second-order valence-electron chi connectivity index (χ2n) is 4.67. The molecule has 3 aromatic rings. The van der Waals surface area contributed by atoms with E-state index in [0.29, 0.717) is 17.0 Å². The number of H-pyrrole nitrogens is 1. The molecular weight excluding hydrogens is 266 g/mol. The van der Waals surface area contributed by atoms with Crippen LogP contribution in [0.1, 0.15) is 5.56 Å². The van der Waals surface area contributed by atoms with Crippen molar-refractivity contribution in [1.29, 1.82) is 0 Å². The van der Waals surface area contributed by atoms with Gasteiger partial charge < -0.3 is 10.1 Å². The van der Waals surface area contributed by atoms with Gasteiger partial charge in [-0.3, -0.25) is 9.78 Å². The number of nitrogens with zero attached hydrogens (tertiary/aromatic N) is 2. The van der Waals surface area contributed by atoms with Crippen LogP contribution in [0.4, 0.5) is 0 Å². The Bertz CT molecular complexity index is 842. The molecule has 0 atom stereocenters. The molecule has 0 aliphatic carbocycles. The molecule has 1 aromatic carbocycles. The summed E-state index contributed by atoms with van der Waals surface area (Å²) in [6.07, 6.45) is 3.20. The Morgan fingerprint density at radius 3 is 2.62 bits per heavy atom. The molecule has 0 bridgehead atoms. The SMILES string of the molecule is Cc1ccccc1-c1c(O)nc(-c2cccnc2)[nH]c1=O. The van der Waals surface area contributed by atoms with Gasteiger partial charge in [0.2, 0.25) is 5.88 Å². The maximum absolute atomic E-state index is 12.3. The third-order valence-corrected chi connectivity index (χ3v) is 3.25. The molecule has 0 saturated carbocycles. The van der Waals surface area contributed by atoms with E-state index in [2.05, 4.69) is 15.0 Å². The zero-order chi connectivity index (χ0) is 14.8. The van der Waals surface area contributed by atoms with Gasteiger partial charge in [-0.15, -0.1) is 0 Å². The molecule has 0 aliphatic heterocycles. The Labute approximate surface area is 121 Å². The van der Waals surface area contributed by atoms with Crippen LogP contribution in [0, 0.1) is 6.92 Å². The van der Waals surface area contributed by atoms with Crippen LogP contribution in [0.3, 0.4) is 0 Å². The van der Waals surface area contributed by atoms with Crippen LogP contribution >= 0.6 is 0 Å². The first kappa shape index (κ1) is 13.1. The Hall–Kier alpha value is -2.95. The smallest absolute Gasteiger partial charge is 0.262 e. The second-order valence-corrected chi connectivity index (χ2v) is 4.67. The summed E-state index contributed by atoms with van der Waals surface area (Å²) in [7, 11) is 0. The minimum atomic E-state index is -0.379. The Morgan fingerprint density at radius 2 is 1.95 bits per heavy atom. The predicted molar refractivity (Wildman–Crippen MR) is 79.9 cm³/mol. The lowest BCUT2D eigenvalue weighted by atomic mass is 10.0. The Balaban J connectivity index is 2.19. The first-order valence-electron chi connectivity index (χ1n) is 6.46. The van der Waals surface area contributed by atoms with E-state index >= 15 is 0 Å². The van der Waals surface area contributed by atoms with Crippen molar-refractivity contribution in [2.45, 2.75) is 6.92 Å². The molecular formula is C16H13N3O2. The summed E-state index contributed by atoms with van der Waals surface area (Å²) in [5.74, 6) is 0.00911. The molecule has 21 heavy (non-hydrogen) atoms. The quantitative estimate of drug-likeness (QED) is 0.755. The third-order valence-electron chi connectivity index (χ3n) is 3.25. The van der Waals surface area contributed by atoms with Crippen LogP contribution in [0.2, 0.25) is 0 Å². The number of hydrogen-bond donors (Lipinski definition) is 2. The molecule has 0 fully saturated rings. The van der Waals surface area contributed by atoms with Crippen molar-refractivity contribution in [3.05, 3.63) is 64.7 Å². The van der Waals surface area contributed by atoms with Crippen LogP contribution in [-0.4, -0.2) is 20.1 Å². The average Bonchev–Trinajstić information content (AvgIpc) is 2.49. The standard InChI is InChI=1S/C16H13N3O2/c1-10-5-2-3-7-12(10)13-15(20)18-14(19-16(13)21)11-6-4-8-17-9-11/h2-9H,1H3,(H2,18,19,20,21). The lowest BCUT2D eigenvalue weighted by molar-refractivity contribution is 0.454. The number of aryl methyl sites for hydroxylation is 1. The molecule has 0 spiro atoms. The Morgan fingerprint density at radius 1 is 1.14 bits per heavy atom. The molecule has 3 rings (SSSR count). The van der Waals surface area contributed by atoms with Gasteiger partial charge >= 0.3 is 0 Å². The number of aromatic hydroxyl groups is 1. The number of hydrogen-bond acceptors (Lipinski definition) is 4. The number of nitrogens with one attached hydrogen (secondary N) is 1. The lowest BCUT2D eigenvalue weighted by Crippen LogP contribution is -2.12. The second kappa shape index (κ2) is 5.20. The highest BCUT2D eigenvalue weighted by Gasteiger charge is 2.15. The summed E-state index contributed by atoms with van der Waals surface area (Å²) < 4.78 is 0. The van der Waals surface area contributed by atoms with Gasteiger partial charge in [-0.2, -0.15) is 4.98 Å². The van der Waals surface area contributed by atoms with Crippen molar-refractivity contribution < 1.29 is 5.11 Å². The minimum absolute atomic E-state index is 0.181. The monoisotopic (exact) mass is 279 g/mol. The van der Waals surface area contributed by atoms with E-state index in [1.54, 1.807) is 30.6 Å². The molecule has 5 nitrogen and oxygen atoms in total. The molecule has 2 heterocycles. The van der Waals surface area contributed by atoms with Gasteiger partial charge in [-0.05, 0) is 30.2 Å². The van der Waals surface area contributed by atoms with Crippen LogP contribution in [-0.2, 0) is 0 Å². The van der Waals surface area contributed by atoms with E-state index in [0.717, 1.165) is 5.56 Å². The van der Waals surface area contributed by atoms with Gasteiger partial charge in [0, 0.05) is 18.0 Å². The maximum Gasteiger partial charge on any atom is 0.262 e. The van der Waals surface area contributed by atoms with Crippen LogP contribution < -0.4 is 5.56 Å². The van der Waals surface area contributed by atoms with Gasteiger partial charge in [0.05, 0.1) is 0 Å². The summed E-state index contributed by atoms with van der Waals surface area (Å²) in [6.45, 7) is 1.88. The molecule has 5 heteroatoms. The molecule has 2 N–H and O–H groups in total. The highest BCUT2D eigenvalue weighted by atomic mass is 16.3. The molecule has 104 valence electrons. The fraction of sp³-hybridized carbons (Fsp3) is 0.0625. The molecule has 2 aromatic heterocycles. The first-order chi connectivity index (χ1) is 10.2. The van der Waals surface area contributed by atoms with Crippen LogP contribution in [0.25, 0.3) is 22.5 Å². The summed E-state index contributed by atoms with van der Waals surface area (Å²) in [6, 6.07) is 10.9. The molecule has 0 radical (unpaired) electrons. The predicted octanol–water partition coefficient (Wildman–Crippen LogP) is 2.51. The first-order valence-corrected chi connectivity index (χ1v) is 6.46. The number of pyridine rings is 1. The molecule has 0 saturated heterocycles. The Kier molecular flexibility index (Phi) is 3.23. The zero-order valence-corrected chi connectivity index (χ0v) is 11.4. The molecule has 0 unspecified atom stereocenters. The summed E-state index contributed by atoms with van der Waals surface area (Å²) in [5, 5.41) is 10.2. The number of aromatic amines is 1. The van der Waals surface area contributed by atoms with E-state index in [4.69, 9.17) is 0 Å². The van der Waals surface area contributed by atoms with Gasteiger partial charge in [-0.1, -0.05) is 24.3 Å². The van der Waals surface area contributed by atoms with Gasteiger partial charge in [0.15, 0.2) is 0 Å². The topological polar surface area (TPSA) is 78.9 Å². The highest BCUT2D eigenvalue weighted by molar-refractivity contribution is 5.71. The zero-order valence-electron chi connectivity index (χ0n) is 11.4. The van der Waals surface area contributed by atoms with E-state index in [1.807, 2.05) is 25.1 Å². The van der Waals surface area contributed by atoms with Crippen molar-refractivity contribution in [3.8, 4) is 28.4 Å². The summed E-state index contributed by atoms with van der Waals surface area (Å²) in [5.41, 5.74) is 2.01. The minimum Gasteiger partial charge on any atom is -0.493 e. The fourth-order valence-corrected chi connectivity index (χ4v) is 2.20. The number of rotatable bonds is 2. The van der Waals surface area contributed by atoms with Gasteiger partial charge in [-0.25, -0.2) is 0 Å². The van der Waals surface area contributed by atoms with E-state index in [-0.39, 0.29) is 17.0 Å². The summed E-state index contributed by atoms with van der Waals surface area (Å²) in [4.78, 5) is 23.1. The third kappa shape index (κ3) is 2.41. The molecule has 0 amide bonds. The number of aromatic nitrogens is 3. The maximum atomic E-state index is 12.3. The number of benzene rings is 1. The van der Waals surface area contributed by atoms with Crippen molar-refractivity contribution in [3.63, 3.8) is 0 Å². The highest BCUT2D eigenvalue weighted by Crippen LogP contribution is 2.27. The van der Waals surface area contributed by atoms with Gasteiger partial charge in [0.25, 0.3) is 5.56 Å². The van der Waals surface area contributed by atoms with Crippen molar-refractivity contribution >= 4 is 0 Å². The van der Waals surface area contributed by atoms with E-state index in [9.17, 15) is 9.90 Å². The van der Waals surface area contributed by atoms with E-state index < -0.39 is 0 Å². The largest absolute Gasteiger partial charge is 0.493 e. The van der Waals surface area contributed by atoms with Gasteiger partial charge in [0.1, 0.15) is 11.4 Å².